The van der Waals surface area contributed by atoms with Crippen molar-refractivity contribution in [3.63, 3.8) is 0 Å². The van der Waals surface area contributed by atoms with Gasteiger partial charge in [-0.15, -0.1) is 11.8 Å². The van der Waals surface area contributed by atoms with Gasteiger partial charge in [-0.05, 0) is 18.4 Å². The number of thioether (sulfide) groups is 1. The molecule has 0 radical (unpaired) electrons. The normalized spacial score (nSPS) is 10.8. The molecule has 3 nitrogen and oxygen atoms in total. The van der Waals surface area contributed by atoms with Crippen LogP contribution in [0.4, 0.5) is 5.69 Å². The van der Waals surface area contributed by atoms with E-state index >= 15 is 0 Å². The standard InChI is InChI=1S/C15H14N3S.HI/c1-19-15(17-13-8-4-2-5-9-13)14(12-16)18-10-6-3-7-11-18;/h2-11,17H,1H3;1H/q+1;/p-1. The lowest BCUT2D eigenvalue weighted by Crippen LogP contribution is -3.00. The van der Waals surface area contributed by atoms with Gasteiger partial charge >= 0.3 is 5.70 Å². The van der Waals surface area contributed by atoms with Crippen LogP contribution in [0.1, 0.15) is 0 Å². The molecule has 0 atom stereocenters. The summed E-state index contributed by atoms with van der Waals surface area (Å²) in [6, 6.07) is 17.8. The molecule has 0 aliphatic rings. The lowest BCUT2D eigenvalue weighted by molar-refractivity contribution is -0.577. The number of anilines is 1. The Morgan fingerprint density at radius 3 is 2.25 bits per heavy atom. The smallest absolute Gasteiger partial charge is 0.319 e. The first-order valence-corrected chi connectivity index (χ1v) is 7.04. The molecule has 0 spiro atoms. The highest BCUT2D eigenvalue weighted by Gasteiger charge is 2.15. The summed E-state index contributed by atoms with van der Waals surface area (Å²) in [5.41, 5.74) is 1.55. The zero-order valence-corrected chi connectivity index (χ0v) is 13.9. The van der Waals surface area contributed by atoms with E-state index in [0.29, 0.717) is 5.70 Å². The summed E-state index contributed by atoms with van der Waals surface area (Å²) in [7, 11) is 0. The van der Waals surface area contributed by atoms with Crippen LogP contribution in [0, 0.1) is 11.3 Å². The Hall–Kier alpha value is -1.52. The lowest BCUT2D eigenvalue weighted by atomic mass is 10.3. The quantitative estimate of drug-likeness (QED) is 0.454. The van der Waals surface area contributed by atoms with E-state index in [1.807, 2.05) is 71.7 Å². The fourth-order valence-corrected chi connectivity index (χ4v) is 2.20. The number of nitrogens with zero attached hydrogens (tertiary/aromatic N) is 2. The summed E-state index contributed by atoms with van der Waals surface area (Å²) in [6.07, 6.45) is 5.68. The molecule has 0 saturated heterocycles. The summed E-state index contributed by atoms with van der Waals surface area (Å²) in [5, 5.41) is 13.5. The van der Waals surface area contributed by atoms with Gasteiger partial charge in [-0.25, -0.2) is 0 Å². The van der Waals surface area contributed by atoms with E-state index in [4.69, 9.17) is 0 Å². The van der Waals surface area contributed by atoms with E-state index in [1.54, 1.807) is 0 Å². The number of para-hydroxylation sites is 1. The Labute approximate surface area is 140 Å². The summed E-state index contributed by atoms with van der Waals surface area (Å²) in [4.78, 5) is 0. The average Bonchev–Trinajstić information content (AvgIpc) is 2.49. The summed E-state index contributed by atoms with van der Waals surface area (Å²) >= 11 is 1.52. The molecular formula is C15H14IN3S. The number of halogens is 1. The van der Waals surface area contributed by atoms with Gasteiger partial charge in [0, 0.05) is 17.8 Å². The number of hydrogen-bond donors (Lipinski definition) is 1. The minimum Gasteiger partial charge on any atom is -1.00 e. The van der Waals surface area contributed by atoms with E-state index in [1.165, 1.54) is 11.8 Å². The first-order chi connectivity index (χ1) is 9.35. The molecule has 0 saturated carbocycles. The van der Waals surface area contributed by atoms with Gasteiger partial charge in [0.05, 0.1) is 0 Å². The van der Waals surface area contributed by atoms with Gasteiger partial charge in [-0.3, -0.25) is 0 Å². The number of allylic oxidation sites excluding steroid dienone is 1. The average molecular weight is 395 g/mol. The molecule has 102 valence electrons. The van der Waals surface area contributed by atoms with E-state index in [0.717, 1.165) is 10.7 Å². The molecule has 0 aliphatic heterocycles. The van der Waals surface area contributed by atoms with Crippen molar-refractivity contribution in [2.75, 3.05) is 11.6 Å². The maximum atomic E-state index is 9.38. The van der Waals surface area contributed by atoms with Crippen molar-refractivity contribution < 1.29 is 28.5 Å². The molecule has 1 heterocycles. The second-order valence-corrected chi connectivity index (χ2v) is 4.58. The van der Waals surface area contributed by atoms with Gasteiger partial charge in [-0.1, -0.05) is 24.3 Å². The third-order valence-corrected chi connectivity index (χ3v) is 3.23. The van der Waals surface area contributed by atoms with Crippen molar-refractivity contribution >= 4 is 23.1 Å². The number of hydrogen-bond acceptors (Lipinski definition) is 3. The monoisotopic (exact) mass is 395 g/mol. The minimum atomic E-state index is 0. The fourth-order valence-electron chi connectivity index (χ4n) is 1.63. The van der Waals surface area contributed by atoms with Gasteiger partial charge in [-0.2, -0.15) is 9.83 Å². The Kier molecular flexibility index (Phi) is 7.12. The lowest BCUT2D eigenvalue weighted by Gasteiger charge is -2.07. The maximum absolute atomic E-state index is 9.38. The predicted octanol–water partition coefficient (Wildman–Crippen LogP) is 0.103. The third kappa shape index (κ3) is 4.25. The minimum absolute atomic E-state index is 0. The van der Waals surface area contributed by atoms with E-state index in [9.17, 15) is 5.26 Å². The molecule has 0 bridgehead atoms. The SMILES string of the molecule is CSC(Nc1ccccc1)=C(C#N)[n+]1ccccc1.[I-]. The van der Waals surface area contributed by atoms with Crippen molar-refractivity contribution in [3.8, 4) is 6.07 Å². The van der Waals surface area contributed by atoms with Crippen LogP contribution >= 0.6 is 11.8 Å². The molecule has 1 aromatic carbocycles. The highest BCUT2D eigenvalue weighted by atomic mass is 127. The highest BCUT2D eigenvalue weighted by molar-refractivity contribution is 8.02. The second-order valence-electron chi connectivity index (χ2n) is 3.77. The largest absolute Gasteiger partial charge is 1.00 e. The zero-order valence-electron chi connectivity index (χ0n) is 11.0. The Balaban J connectivity index is 0.00000200. The van der Waals surface area contributed by atoms with Crippen LogP contribution in [0.15, 0.2) is 66.0 Å². The molecule has 1 N–H and O–H groups in total. The van der Waals surface area contributed by atoms with E-state index < -0.39 is 0 Å². The molecule has 1 aromatic heterocycles. The van der Waals surface area contributed by atoms with Crippen molar-refractivity contribution in [1.82, 2.24) is 0 Å². The van der Waals surface area contributed by atoms with Crippen molar-refractivity contribution in [3.05, 3.63) is 66.0 Å². The molecule has 0 unspecified atom stereocenters. The van der Waals surface area contributed by atoms with Gasteiger partial charge in [0.1, 0.15) is 0 Å². The van der Waals surface area contributed by atoms with Gasteiger partial charge < -0.3 is 29.3 Å². The molecule has 0 fully saturated rings. The van der Waals surface area contributed by atoms with Crippen LogP contribution in [0.5, 0.6) is 0 Å². The topological polar surface area (TPSA) is 39.7 Å². The molecule has 0 aliphatic carbocycles. The van der Waals surface area contributed by atoms with Gasteiger partial charge in [0.2, 0.25) is 0 Å². The Bertz CT molecular complexity index is 606. The first-order valence-electron chi connectivity index (χ1n) is 5.82. The number of pyridine rings is 1. The summed E-state index contributed by atoms with van der Waals surface area (Å²) < 4.78 is 1.81. The molecule has 0 amide bonds. The van der Waals surface area contributed by atoms with Gasteiger partial charge in [0.15, 0.2) is 23.5 Å². The second kappa shape index (κ2) is 8.61. The molecule has 2 aromatic rings. The number of benzene rings is 1. The zero-order chi connectivity index (χ0) is 13.5. The van der Waals surface area contributed by atoms with Crippen LogP contribution in [0.3, 0.4) is 0 Å². The number of aromatic nitrogens is 1. The van der Waals surface area contributed by atoms with Crippen LogP contribution < -0.4 is 33.9 Å². The highest BCUT2D eigenvalue weighted by Crippen LogP contribution is 2.20. The first kappa shape index (κ1) is 16.5. The molecule has 2 rings (SSSR count). The summed E-state index contributed by atoms with van der Waals surface area (Å²) in [6.45, 7) is 0. The predicted molar refractivity (Wildman–Crippen MR) is 79.0 cm³/mol. The Morgan fingerprint density at radius 1 is 1.10 bits per heavy atom. The van der Waals surface area contributed by atoms with Crippen LogP contribution in [0.25, 0.3) is 5.70 Å². The fraction of sp³-hybridized carbons (Fsp3) is 0.0667. The van der Waals surface area contributed by atoms with Crippen molar-refractivity contribution in [1.29, 1.82) is 5.26 Å². The number of nitriles is 1. The van der Waals surface area contributed by atoms with E-state index in [-0.39, 0.29) is 24.0 Å². The number of nitrogens with one attached hydrogen (secondary N) is 1. The van der Waals surface area contributed by atoms with E-state index in [2.05, 4.69) is 11.4 Å². The third-order valence-electron chi connectivity index (χ3n) is 2.53. The Morgan fingerprint density at radius 2 is 1.70 bits per heavy atom. The molecule has 5 heteroatoms. The van der Waals surface area contributed by atoms with Crippen LogP contribution in [-0.4, -0.2) is 6.26 Å². The maximum Gasteiger partial charge on any atom is 0.319 e. The van der Waals surface area contributed by atoms with Crippen molar-refractivity contribution in [2.45, 2.75) is 0 Å². The summed E-state index contributed by atoms with van der Waals surface area (Å²) in [5.74, 6) is 0. The number of rotatable bonds is 4. The van der Waals surface area contributed by atoms with Crippen LogP contribution in [-0.2, 0) is 0 Å². The van der Waals surface area contributed by atoms with Crippen molar-refractivity contribution in [2.24, 2.45) is 0 Å². The van der Waals surface area contributed by atoms with Gasteiger partial charge in [0.25, 0.3) is 0 Å². The molecule has 20 heavy (non-hydrogen) atoms. The van der Waals surface area contributed by atoms with Crippen LogP contribution in [0.2, 0.25) is 0 Å². The molecular weight excluding hydrogens is 381 g/mol.